The van der Waals surface area contributed by atoms with E-state index in [0.29, 0.717) is 45.1 Å². The number of rotatable bonds is 24. The second-order valence-electron chi connectivity index (χ2n) is 15.8. The van der Waals surface area contributed by atoms with Crippen molar-refractivity contribution < 1.29 is 43.3 Å². The van der Waals surface area contributed by atoms with Gasteiger partial charge in [-0.15, -0.1) is 13.2 Å². The van der Waals surface area contributed by atoms with Gasteiger partial charge in [0.05, 0.1) is 24.1 Å². The van der Waals surface area contributed by atoms with Crippen molar-refractivity contribution in [2.24, 2.45) is 5.92 Å². The van der Waals surface area contributed by atoms with Gasteiger partial charge in [-0.2, -0.15) is 0 Å². The highest BCUT2D eigenvalue weighted by atomic mass is 16.6. The van der Waals surface area contributed by atoms with Crippen LogP contribution in [-0.4, -0.2) is 79.1 Å². The van der Waals surface area contributed by atoms with Gasteiger partial charge in [0.2, 0.25) is 11.8 Å². The van der Waals surface area contributed by atoms with Crippen LogP contribution >= 0.6 is 0 Å². The van der Waals surface area contributed by atoms with Crippen LogP contribution < -0.4 is 21.3 Å². The lowest BCUT2D eigenvalue weighted by Crippen LogP contribution is -2.50. The molecule has 3 aromatic carbocycles. The van der Waals surface area contributed by atoms with Crippen molar-refractivity contribution in [2.75, 3.05) is 26.4 Å². The number of ether oxygens (including phenoxy) is 3. The average Bonchev–Trinajstić information content (AvgIpc) is 3.87. The Morgan fingerprint density at radius 1 is 0.787 bits per heavy atom. The van der Waals surface area contributed by atoms with E-state index in [0.717, 1.165) is 40.7 Å². The zero-order valence-electron chi connectivity index (χ0n) is 34.9. The van der Waals surface area contributed by atoms with Crippen LogP contribution in [0.1, 0.15) is 93.2 Å². The van der Waals surface area contributed by atoms with Crippen LogP contribution in [0.2, 0.25) is 0 Å². The summed E-state index contributed by atoms with van der Waals surface area (Å²) in [6.45, 7) is 7.68. The highest BCUT2D eigenvalue weighted by Crippen LogP contribution is 2.44. The van der Waals surface area contributed by atoms with E-state index in [1.54, 1.807) is 12.2 Å². The first-order valence-corrected chi connectivity index (χ1v) is 21.3. The minimum atomic E-state index is -1.05. The van der Waals surface area contributed by atoms with E-state index in [2.05, 4.69) is 34.4 Å². The zero-order valence-corrected chi connectivity index (χ0v) is 34.9. The number of aliphatic hydroxyl groups excluding tert-OH is 1. The molecule has 2 aliphatic rings. The lowest BCUT2D eigenvalue weighted by atomic mass is 9.95. The maximum atomic E-state index is 13.7. The lowest BCUT2D eigenvalue weighted by Gasteiger charge is -2.29. The molecule has 0 aromatic heterocycles. The molecule has 13 heteroatoms. The normalized spacial score (nSPS) is 15.2. The van der Waals surface area contributed by atoms with Crippen molar-refractivity contribution >= 4 is 30.0 Å². The van der Waals surface area contributed by atoms with Crippen LogP contribution in [0.3, 0.4) is 0 Å². The third-order valence-corrected chi connectivity index (χ3v) is 11.3. The minimum Gasteiger partial charge on any atom is -0.462 e. The van der Waals surface area contributed by atoms with Gasteiger partial charge >= 0.3 is 18.2 Å². The third kappa shape index (κ3) is 13.8. The molecule has 3 aromatic rings. The number of aliphatic hydroxyl groups is 1. The summed E-state index contributed by atoms with van der Waals surface area (Å²) in [5, 5.41) is 21.4. The molecule has 3 atom stereocenters. The van der Waals surface area contributed by atoms with Crippen molar-refractivity contribution in [3.63, 3.8) is 0 Å². The van der Waals surface area contributed by atoms with Crippen molar-refractivity contribution in [3.8, 4) is 11.1 Å². The van der Waals surface area contributed by atoms with E-state index in [1.807, 2.05) is 78.9 Å². The number of amides is 4. The number of allylic oxidation sites excluding steroid dienone is 2. The number of carbonyl (C=O) groups is 5. The fourth-order valence-electron chi connectivity index (χ4n) is 8.02. The van der Waals surface area contributed by atoms with E-state index < -0.39 is 47.6 Å². The SMILES string of the molecule is C=CCC[C@H](NC(=O)OCC1c2ccccc2-c2ccccc21)C(=O)OC[C@H](CCCCNC(=O)OCc1ccccc1)NC(=O)[C@H](CC=C)CC(=O)NC1(CO)CCCC1. The van der Waals surface area contributed by atoms with Crippen LogP contribution in [0.5, 0.6) is 0 Å². The molecule has 326 valence electrons. The van der Waals surface area contributed by atoms with Crippen molar-refractivity contribution in [1.82, 2.24) is 21.3 Å². The second-order valence-corrected chi connectivity index (χ2v) is 15.8. The number of nitrogens with one attached hydrogen (secondary N) is 4. The summed E-state index contributed by atoms with van der Waals surface area (Å²) < 4.78 is 16.8. The Bertz CT molecular complexity index is 1900. The summed E-state index contributed by atoms with van der Waals surface area (Å²) in [6, 6.07) is 23.6. The van der Waals surface area contributed by atoms with E-state index in [4.69, 9.17) is 14.2 Å². The number of alkyl carbamates (subject to hydrolysis) is 2. The minimum absolute atomic E-state index is 0.0711. The van der Waals surface area contributed by atoms with Gasteiger partial charge in [-0.1, -0.05) is 104 Å². The van der Waals surface area contributed by atoms with Crippen LogP contribution in [0.25, 0.3) is 11.1 Å². The standard InChI is InChI=1S/C48H60N4O9/c1-3-5-25-42(51-47(58)61-32-41-39-23-11-9-21-37(39)38-22-10-12-24-40(38)41)45(56)59-31-36(20-13-16-28-49-46(57)60-30-34-18-7-6-8-19-34)50-44(55)35(17-4-2)29-43(54)52-48(33-53)26-14-15-27-48/h3-4,6-12,18-19,21-24,35-36,41-42,53H,1-2,5,13-17,20,25-33H2,(H,49,57)(H,50,55)(H,51,58)(H,52,54)/t35-,36+,42+/m1/s1. The Kier molecular flexibility index (Phi) is 17.9. The molecule has 0 heterocycles. The molecule has 0 saturated heterocycles. The lowest BCUT2D eigenvalue weighted by molar-refractivity contribution is -0.147. The molecule has 0 radical (unpaired) electrons. The summed E-state index contributed by atoms with van der Waals surface area (Å²) in [5.41, 5.74) is 4.49. The Morgan fingerprint density at radius 2 is 1.46 bits per heavy atom. The maximum absolute atomic E-state index is 13.7. The molecule has 0 unspecified atom stereocenters. The number of benzene rings is 3. The molecule has 0 spiro atoms. The van der Waals surface area contributed by atoms with Gasteiger partial charge in [0.1, 0.15) is 25.9 Å². The topological polar surface area (TPSA) is 181 Å². The molecule has 5 N–H and O–H groups in total. The second kappa shape index (κ2) is 23.7. The van der Waals surface area contributed by atoms with E-state index >= 15 is 0 Å². The van der Waals surface area contributed by atoms with Gasteiger partial charge in [-0.25, -0.2) is 14.4 Å². The van der Waals surface area contributed by atoms with Crippen molar-refractivity contribution in [2.45, 2.75) is 101 Å². The third-order valence-electron chi connectivity index (χ3n) is 11.3. The summed E-state index contributed by atoms with van der Waals surface area (Å²) in [6.07, 6.45) is 7.21. The molecular weight excluding hydrogens is 777 g/mol. The van der Waals surface area contributed by atoms with Crippen molar-refractivity contribution in [1.29, 1.82) is 0 Å². The van der Waals surface area contributed by atoms with Crippen LogP contribution in [0.15, 0.2) is 104 Å². The maximum Gasteiger partial charge on any atom is 0.407 e. The van der Waals surface area contributed by atoms with Crippen molar-refractivity contribution in [3.05, 3.63) is 121 Å². The summed E-state index contributed by atoms with van der Waals surface area (Å²) >= 11 is 0. The molecule has 61 heavy (non-hydrogen) atoms. The highest BCUT2D eigenvalue weighted by molar-refractivity contribution is 5.86. The summed E-state index contributed by atoms with van der Waals surface area (Å²) in [7, 11) is 0. The Hall–Kier alpha value is -5.95. The molecule has 4 amide bonds. The number of unbranched alkanes of at least 4 members (excludes halogenated alkanes) is 1. The number of hydrogen-bond acceptors (Lipinski definition) is 9. The van der Waals surface area contributed by atoms with Gasteiger partial charge in [0.25, 0.3) is 0 Å². The van der Waals surface area contributed by atoms with Gasteiger partial charge < -0.3 is 40.6 Å². The first-order valence-electron chi connectivity index (χ1n) is 21.3. The number of hydrogen-bond donors (Lipinski definition) is 5. The van der Waals surface area contributed by atoms with E-state index in [9.17, 15) is 29.1 Å². The van der Waals surface area contributed by atoms with Gasteiger partial charge in [-0.05, 0) is 79.2 Å². The molecule has 0 bridgehead atoms. The molecular formula is C48H60N4O9. The smallest absolute Gasteiger partial charge is 0.407 e. The molecule has 0 aliphatic heterocycles. The fraction of sp³-hybridized carbons (Fsp3) is 0.438. The fourth-order valence-corrected chi connectivity index (χ4v) is 8.02. The monoisotopic (exact) mass is 836 g/mol. The molecule has 13 nitrogen and oxygen atoms in total. The quantitative estimate of drug-likeness (QED) is 0.0275. The van der Waals surface area contributed by atoms with Gasteiger partial charge in [0.15, 0.2) is 0 Å². The van der Waals surface area contributed by atoms with Crippen LogP contribution in [0.4, 0.5) is 9.59 Å². The Morgan fingerprint density at radius 3 is 2.11 bits per heavy atom. The van der Waals surface area contributed by atoms with Gasteiger partial charge in [0, 0.05) is 18.9 Å². The largest absolute Gasteiger partial charge is 0.462 e. The van der Waals surface area contributed by atoms with Crippen LogP contribution in [-0.2, 0) is 35.2 Å². The predicted octanol–water partition coefficient (Wildman–Crippen LogP) is 6.99. The molecule has 5 rings (SSSR count). The average molecular weight is 837 g/mol. The Labute approximate surface area is 358 Å². The van der Waals surface area contributed by atoms with Crippen LogP contribution in [0, 0.1) is 5.92 Å². The van der Waals surface area contributed by atoms with E-state index in [1.165, 1.54) is 0 Å². The Balaban J connectivity index is 1.18. The highest BCUT2D eigenvalue weighted by Gasteiger charge is 2.36. The number of carbonyl (C=O) groups excluding carboxylic acids is 5. The zero-order chi connectivity index (χ0) is 43.5. The predicted molar refractivity (Wildman–Crippen MR) is 232 cm³/mol. The number of esters is 1. The summed E-state index contributed by atoms with van der Waals surface area (Å²) in [4.78, 5) is 66.0. The summed E-state index contributed by atoms with van der Waals surface area (Å²) in [5.74, 6) is -2.38. The van der Waals surface area contributed by atoms with Gasteiger partial charge in [-0.3, -0.25) is 9.59 Å². The first-order chi connectivity index (χ1) is 29.6. The molecule has 2 aliphatic carbocycles. The number of fused-ring (bicyclic) bond motifs is 3. The molecule has 1 fully saturated rings. The first kappa shape index (κ1) is 46.1. The van der Waals surface area contributed by atoms with E-state index in [-0.39, 0.29) is 57.5 Å². The molecule has 1 saturated carbocycles.